The van der Waals surface area contributed by atoms with Gasteiger partial charge in [0, 0.05) is 10.5 Å². The van der Waals surface area contributed by atoms with E-state index in [1.165, 1.54) is 12.1 Å². The first-order chi connectivity index (χ1) is 8.65. The zero-order valence-corrected chi connectivity index (χ0v) is 11.1. The van der Waals surface area contributed by atoms with Crippen molar-refractivity contribution >= 4 is 22.0 Å². The molecule has 2 rings (SSSR count). The molecule has 0 atom stereocenters. The molecule has 0 saturated carbocycles. The van der Waals surface area contributed by atoms with Gasteiger partial charge in [-0.3, -0.25) is 0 Å². The molecule has 0 aromatic heterocycles. The number of rotatable bonds is 3. The van der Waals surface area contributed by atoms with Gasteiger partial charge in [0.2, 0.25) is 0 Å². The van der Waals surface area contributed by atoms with Crippen molar-refractivity contribution in [2.45, 2.75) is 6.42 Å². The number of benzene rings is 2. The average Bonchev–Trinajstić information content (AvgIpc) is 2.32. The molecule has 0 bridgehead atoms. The predicted octanol–water partition coefficient (Wildman–Crippen LogP) is 4.98. The predicted molar refractivity (Wildman–Crippen MR) is 73.2 cm³/mol. The lowest BCUT2D eigenvalue weighted by Gasteiger charge is -1.99. The van der Waals surface area contributed by atoms with E-state index in [2.05, 4.69) is 15.9 Å². The fraction of sp³-hybridized carbons (Fsp3) is 0.0667. The molecule has 0 N–H and O–H groups in total. The third-order valence-corrected chi connectivity index (χ3v) is 3.01. The van der Waals surface area contributed by atoms with Crippen molar-refractivity contribution in [1.29, 1.82) is 0 Å². The molecule has 92 valence electrons. The minimum atomic E-state index is -0.549. The SMILES string of the molecule is Fc1ccc(C/C=C/c2cccc(Br)c2)c(F)c1. The molecule has 0 amide bonds. The molecule has 2 aromatic carbocycles. The van der Waals surface area contributed by atoms with Crippen LogP contribution in [0.4, 0.5) is 8.78 Å². The summed E-state index contributed by atoms with van der Waals surface area (Å²) in [6, 6.07) is 11.4. The number of halogens is 3. The number of allylic oxidation sites excluding steroid dienone is 1. The summed E-state index contributed by atoms with van der Waals surface area (Å²) in [5.41, 5.74) is 1.52. The van der Waals surface area contributed by atoms with Crippen LogP contribution in [-0.2, 0) is 6.42 Å². The van der Waals surface area contributed by atoms with Gasteiger partial charge in [0.05, 0.1) is 0 Å². The summed E-state index contributed by atoms with van der Waals surface area (Å²) in [5, 5.41) is 0. The standard InChI is InChI=1S/C15H11BrF2/c16-13-6-2-4-11(9-13)3-1-5-12-7-8-14(17)10-15(12)18/h1-4,6-10H,5H2/b3-1+. The zero-order valence-electron chi connectivity index (χ0n) is 9.54. The molecule has 0 nitrogen and oxygen atoms in total. The van der Waals surface area contributed by atoms with Crippen LogP contribution in [0.5, 0.6) is 0 Å². The van der Waals surface area contributed by atoms with Gasteiger partial charge >= 0.3 is 0 Å². The summed E-state index contributed by atoms with van der Waals surface area (Å²) >= 11 is 3.38. The largest absolute Gasteiger partial charge is 0.207 e. The van der Waals surface area contributed by atoms with E-state index in [0.717, 1.165) is 16.1 Å². The van der Waals surface area contributed by atoms with Crippen molar-refractivity contribution in [3.8, 4) is 0 Å². The van der Waals surface area contributed by atoms with Gasteiger partial charge in [-0.2, -0.15) is 0 Å². The molecule has 2 aromatic rings. The average molecular weight is 309 g/mol. The van der Waals surface area contributed by atoms with Crippen LogP contribution in [0.15, 0.2) is 53.0 Å². The van der Waals surface area contributed by atoms with Crippen molar-refractivity contribution in [1.82, 2.24) is 0 Å². The van der Waals surface area contributed by atoms with Crippen LogP contribution < -0.4 is 0 Å². The van der Waals surface area contributed by atoms with Gasteiger partial charge in [-0.05, 0) is 35.7 Å². The van der Waals surface area contributed by atoms with Gasteiger partial charge in [-0.15, -0.1) is 0 Å². The first-order valence-corrected chi connectivity index (χ1v) is 6.30. The van der Waals surface area contributed by atoms with E-state index in [4.69, 9.17) is 0 Å². The maximum absolute atomic E-state index is 13.4. The summed E-state index contributed by atoms with van der Waals surface area (Å²) in [7, 11) is 0. The van der Waals surface area contributed by atoms with Crippen LogP contribution >= 0.6 is 15.9 Å². The van der Waals surface area contributed by atoms with Crippen molar-refractivity contribution in [2.75, 3.05) is 0 Å². The zero-order chi connectivity index (χ0) is 13.0. The molecule has 0 radical (unpaired) electrons. The van der Waals surface area contributed by atoms with Gasteiger partial charge in [0.15, 0.2) is 0 Å². The lowest BCUT2D eigenvalue weighted by molar-refractivity contribution is 0.575. The molecular formula is C15H11BrF2. The molecule has 0 aliphatic rings. The maximum atomic E-state index is 13.4. The smallest absolute Gasteiger partial charge is 0.129 e. The molecular weight excluding hydrogens is 298 g/mol. The van der Waals surface area contributed by atoms with E-state index in [1.807, 2.05) is 36.4 Å². The van der Waals surface area contributed by atoms with E-state index >= 15 is 0 Å². The highest BCUT2D eigenvalue weighted by atomic mass is 79.9. The summed E-state index contributed by atoms with van der Waals surface area (Å²) in [4.78, 5) is 0. The molecule has 0 aliphatic heterocycles. The van der Waals surface area contributed by atoms with E-state index < -0.39 is 11.6 Å². The van der Waals surface area contributed by atoms with E-state index in [1.54, 1.807) is 0 Å². The monoisotopic (exact) mass is 308 g/mol. The lowest BCUT2D eigenvalue weighted by Crippen LogP contribution is -1.89. The van der Waals surface area contributed by atoms with Crippen molar-refractivity contribution in [2.24, 2.45) is 0 Å². The van der Waals surface area contributed by atoms with Gasteiger partial charge in [-0.25, -0.2) is 8.78 Å². The summed E-state index contributed by atoms with van der Waals surface area (Å²) in [5.74, 6) is -1.05. The molecule has 0 saturated heterocycles. The second-order valence-corrected chi connectivity index (χ2v) is 4.81. The van der Waals surface area contributed by atoms with Crippen molar-refractivity contribution in [3.63, 3.8) is 0 Å². The molecule has 0 heterocycles. The number of hydrogen-bond donors (Lipinski definition) is 0. The maximum Gasteiger partial charge on any atom is 0.129 e. The third-order valence-electron chi connectivity index (χ3n) is 2.51. The highest BCUT2D eigenvalue weighted by Gasteiger charge is 2.01. The molecule has 0 fully saturated rings. The molecule has 0 unspecified atom stereocenters. The normalized spacial score (nSPS) is 11.1. The Bertz CT molecular complexity index is 576. The summed E-state index contributed by atoms with van der Waals surface area (Å²) in [6.45, 7) is 0. The Balaban J connectivity index is 2.07. The Morgan fingerprint density at radius 1 is 1.06 bits per heavy atom. The fourth-order valence-corrected chi connectivity index (χ4v) is 2.04. The minimum absolute atomic E-state index is 0.443. The quantitative estimate of drug-likeness (QED) is 0.750. The van der Waals surface area contributed by atoms with E-state index in [0.29, 0.717) is 12.0 Å². The Hall–Kier alpha value is -1.48. The van der Waals surface area contributed by atoms with E-state index in [9.17, 15) is 8.78 Å². The van der Waals surface area contributed by atoms with Crippen LogP contribution in [0, 0.1) is 11.6 Å². The summed E-state index contributed by atoms with van der Waals surface area (Å²) in [6.07, 6.45) is 4.21. The first-order valence-electron chi connectivity index (χ1n) is 5.51. The second kappa shape index (κ2) is 5.91. The van der Waals surface area contributed by atoms with Gasteiger partial charge in [-0.1, -0.05) is 46.3 Å². The van der Waals surface area contributed by atoms with Gasteiger partial charge < -0.3 is 0 Å². The molecule has 3 heteroatoms. The molecule has 18 heavy (non-hydrogen) atoms. The highest BCUT2D eigenvalue weighted by molar-refractivity contribution is 9.10. The Kier molecular flexibility index (Phi) is 4.26. The van der Waals surface area contributed by atoms with Crippen LogP contribution in [0.2, 0.25) is 0 Å². The Morgan fingerprint density at radius 3 is 2.61 bits per heavy atom. The molecule has 0 aliphatic carbocycles. The van der Waals surface area contributed by atoms with Gasteiger partial charge in [0.25, 0.3) is 0 Å². The first kappa shape index (κ1) is 13.0. The van der Waals surface area contributed by atoms with Crippen LogP contribution in [0.25, 0.3) is 6.08 Å². The van der Waals surface area contributed by atoms with Crippen molar-refractivity contribution < 1.29 is 8.78 Å². The second-order valence-electron chi connectivity index (χ2n) is 3.90. The van der Waals surface area contributed by atoms with E-state index in [-0.39, 0.29) is 0 Å². The van der Waals surface area contributed by atoms with Gasteiger partial charge in [0.1, 0.15) is 11.6 Å². The summed E-state index contributed by atoms with van der Waals surface area (Å²) < 4.78 is 27.1. The van der Waals surface area contributed by atoms with Crippen molar-refractivity contribution in [3.05, 3.63) is 75.8 Å². The number of hydrogen-bond acceptors (Lipinski definition) is 0. The van der Waals surface area contributed by atoms with Crippen LogP contribution in [0.3, 0.4) is 0 Å². The minimum Gasteiger partial charge on any atom is -0.207 e. The highest BCUT2D eigenvalue weighted by Crippen LogP contribution is 2.14. The lowest BCUT2D eigenvalue weighted by atomic mass is 10.1. The fourth-order valence-electron chi connectivity index (χ4n) is 1.62. The Labute approximate surface area is 113 Å². The molecule has 0 spiro atoms. The third kappa shape index (κ3) is 3.50. The van der Waals surface area contributed by atoms with Crippen LogP contribution in [0.1, 0.15) is 11.1 Å². The topological polar surface area (TPSA) is 0 Å². The Morgan fingerprint density at radius 2 is 1.89 bits per heavy atom. The van der Waals surface area contributed by atoms with Crippen LogP contribution in [-0.4, -0.2) is 0 Å².